The summed E-state index contributed by atoms with van der Waals surface area (Å²) in [4.78, 5) is 4.72. The minimum Gasteiger partial charge on any atom is -0.365 e. The predicted molar refractivity (Wildman–Crippen MR) is 66.8 cm³/mol. The van der Waals surface area contributed by atoms with Gasteiger partial charge in [0.1, 0.15) is 0 Å². The summed E-state index contributed by atoms with van der Waals surface area (Å²) in [5.41, 5.74) is 0.155. The van der Waals surface area contributed by atoms with Crippen LogP contribution in [0, 0.1) is 6.92 Å². The summed E-state index contributed by atoms with van der Waals surface area (Å²) in [5.74, 6) is 0. The van der Waals surface area contributed by atoms with E-state index in [0.29, 0.717) is 15.7 Å². The molecule has 0 spiro atoms. The molecule has 2 rings (SSSR count). The second-order valence-electron chi connectivity index (χ2n) is 3.73. The highest BCUT2D eigenvalue weighted by Crippen LogP contribution is 2.41. The molecule has 0 bridgehead atoms. The van der Waals surface area contributed by atoms with E-state index in [1.165, 1.54) is 23.5 Å². The van der Waals surface area contributed by atoms with E-state index in [1.807, 2.05) is 0 Å². The van der Waals surface area contributed by atoms with Crippen LogP contribution in [0.3, 0.4) is 0 Å². The van der Waals surface area contributed by atoms with Gasteiger partial charge >= 0.3 is 6.18 Å². The van der Waals surface area contributed by atoms with Crippen LogP contribution in [0.2, 0.25) is 0 Å². The number of halogens is 3. The van der Waals surface area contributed by atoms with E-state index in [1.54, 1.807) is 20.0 Å². The minimum absolute atomic E-state index is 0.182. The molecular formula is C12H11F3N2S. The fourth-order valence-electron chi connectivity index (χ4n) is 1.68. The molecule has 0 aliphatic rings. The second-order valence-corrected chi connectivity index (χ2v) is 4.73. The molecule has 1 aromatic heterocycles. The predicted octanol–water partition coefficient (Wildman–Crippen LogP) is 4.18. The number of benzene rings is 1. The number of aryl methyl sites for hydroxylation is 1. The van der Waals surface area contributed by atoms with Gasteiger partial charge < -0.3 is 5.32 Å². The number of hydrogen-bond acceptors (Lipinski definition) is 3. The van der Waals surface area contributed by atoms with Crippen molar-refractivity contribution in [1.29, 1.82) is 0 Å². The summed E-state index contributed by atoms with van der Waals surface area (Å²) in [6.45, 7) is 1.71. The fraction of sp³-hybridized carbons (Fsp3) is 0.250. The largest absolute Gasteiger partial charge is 0.417 e. The van der Waals surface area contributed by atoms with Crippen LogP contribution in [0.5, 0.6) is 0 Å². The van der Waals surface area contributed by atoms with Gasteiger partial charge in [-0.25, -0.2) is 4.98 Å². The monoisotopic (exact) mass is 272 g/mol. The molecule has 6 heteroatoms. The average Bonchev–Trinajstić information content (AvgIpc) is 2.69. The van der Waals surface area contributed by atoms with E-state index in [0.717, 1.165) is 6.07 Å². The number of nitrogens with zero attached hydrogens (tertiary/aromatic N) is 1. The fourth-order valence-corrected chi connectivity index (χ4v) is 2.64. The van der Waals surface area contributed by atoms with Gasteiger partial charge in [0.25, 0.3) is 0 Å². The quantitative estimate of drug-likeness (QED) is 0.887. The highest BCUT2D eigenvalue weighted by molar-refractivity contribution is 7.19. The first-order valence-corrected chi connectivity index (χ1v) is 6.07. The first-order chi connectivity index (χ1) is 8.43. The third-order valence-electron chi connectivity index (χ3n) is 2.49. The molecule has 18 heavy (non-hydrogen) atoms. The van der Waals surface area contributed by atoms with E-state index in [4.69, 9.17) is 0 Å². The normalized spacial score (nSPS) is 11.6. The zero-order valence-electron chi connectivity index (χ0n) is 9.80. The summed E-state index contributed by atoms with van der Waals surface area (Å²) in [6, 6.07) is 5.56. The Morgan fingerprint density at radius 2 is 1.89 bits per heavy atom. The first-order valence-electron chi connectivity index (χ1n) is 5.25. The van der Waals surface area contributed by atoms with Gasteiger partial charge in [-0.3, -0.25) is 0 Å². The Bertz CT molecular complexity index is 561. The zero-order chi connectivity index (χ0) is 13.3. The molecule has 0 atom stereocenters. The van der Waals surface area contributed by atoms with Crippen molar-refractivity contribution < 1.29 is 13.2 Å². The lowest BCUT2D eigenvalue weighted by atomic mass is 10.0. The number of hydrogen-bond donors (Lipinski definition) is 1. The van der Waals surface area contributed by atoms with E-state index in [9.17, 15) is 13.2 Å². The van der Waals surface area contributed by atoms with Crippen LogP contribution < -0.4 is 5.32 Å². The molecule has 0 unspecified atom stereocenters. The van der Waals surface area contributed by atoms with Crippen LogP contribution in [-0.2, 0) is 6.18 Å². The van der Waals surface area contributed by atoms with Gasteiger partial charge in [-0.1, -0.05) is 29.5 Å². The van der Waals surface area contributed by atoms with Crippen molar-refractivity contribution >= 4 is 16.5 Å². The van der Waals surface area contributed by atoms with Crippen molar-refractivity contribution in [3.63, 3.8) is 0 Å². The maximum absolute atomic E-state index is 12.9. The minimum atomic E-state index is -4.35. The van der Waals surface area contributed by atoms with Gasteiger partial charge in [0, 0.05) is 12.6 Å². The van der Waals surface area contributed by atoms with Crippen LogP contribution in [0.1, 0.15) is 11.3 Å². The maximum Gasteiger partial charge on any atom is 0.417 e. The summed E-state index contributed by atoms with van der Waals surface area (Å²) in [5, 5.41) is 3.45. The first kappa shape index (κ1) is 12.9. The molecule has 1 heterocycles. The SMILES string of the molecule is CNc1nc(C)c(-c2ccccc2C(F)(F)F)s1. The summed E-state index contributed by atoms with van der Waals surface area (Å²) in [6.07, 6.45) is -4.35. The zero-order valence-corrected chi connectivity index (χ0v) is 10.6. The molecule has 2 aromatic rings. The number of anilines is 1. The molecule has 0 radical (unpaired) electrons. The number of rotatable bonds is 2. The molecule has 0 amide bonds. The van der Waals surface area contributed by atoms with Crippen LogP contribution >= 0.6 is 11.3 Å². The molecule has 0 saturated carbocycles. The highest BCUT2D eigenvalue weighted by atomic mass is 32.1. The third kappa shape index (κ3) is 2.33. The lowest BCUT2D eigenvalue weighted by molar-refractivity contribution is -0.137. The molecular weight excluding hydrogens is 261 g/mol. The van der Waals surface area contributed by atoms with E-state index < -0.39 is 11.7 Å². The third-order valence-corrected chi connectivity index (χ3v) is 3.70. The Morgan fingerprint density at radius 3 is 2.44 bits per heavy atom. The van der Waals surface area contributed by atoms with Crippen molar-refractivity contribution in [2.75, 3.05) is 12.4 Å². The lowest BCUT2D eigenvalue weighted by Crippen LogP contribution is -2.06. The highest BCUT2D eigenvalue weighted by Gasteiger charge is 2.34. The van der Waals surface area contributed by atoms with Gasteiger partial charge in [0.05, 0.1) is 16.1 Å². The van der Waals surface area contributed by atoms with Crippen LogP contribution in [0.4, 0.5) is 18.3 Å². The number of thiazole rings is 1. The molecule has 0 saturated heterocycles. The van der Waals surface area contributed by atoms with Crippen molar-refractivity contribution in [2.45, 2.75) is 13.1 Å². The van der Waals surface area contributed by atoms with Crippen LogP contribution in [0.25, 0.3) is 10.4 Å². The summed E-state index contributed by atoms with van der Waals surface area (Å²) in [7, 11) is 1.69. The van der Waals surface area contributed by atoms with E-state index in [-0.39, 0.29) is 5.56 Å². The Hall–Kier alpha value is -1.56. The van der Waals surface area contributed by atoms with Crippen molar-refractivity contribution in [3.05, 3.63) is 35.5 Å². The molecule has 1 N–H and O–H groups in total. The smallest absolute Gasteiger partial charge is 0.365 e. The van der Waals surface area contributed by atoms with Gasteiger partial charge in [-0.05, 0) is 13.0 Å². The molecule has 0 fully saturated rings. The second kappa shape index (κ2) is 4.61. The van der Waals surface area contributed by atoms with Crippen molar-refractivity contribution in [2.24, 2.45) is 0 Å². The Morgan fingerprint density at radius 1 is 1.22 bits per heavy atom. The number of alkyl halides is 3. The Balaban J connectivity index is 2.60. The van der Waals surface area contributed by atoms with Crippen molar-refractivity contribution in [3.8, 4) is 10.4 Å². The Labute approximate surface area is 106 Å². The Kier molecular flexibility index (Phi) is 3.30. The van der Waals surface area contributed by atoms with Crippen LogP contribution in [0.15, 0.2) is 24.3 Å². The summed E-state index contributed by atoms with van der Waals surface area (Å²) < 4.78 is 38.8. The van der Waals surface area contributed by atoms with Crippen molar-refractivity contribution in [1.82, 2.24) is 4.98 Å². The molecule has 96 valence electrons. The van der Waals surface area contributed by atoms with E-state index >= 15 is 0 Å². The molecule has 0 aliphatic carbocycles. The van der Waals surface area contributed by atoms with Gasteiger partial charge in [0.2, 0.25) is 0 Å². The lowest BCUT2D eigenvalue weighted by Gasteiger charge is -2.11. The maximum atomic E-state index is 12.9. The topological polar surface area (TPSA) is 24.9 Å². The number of nitrogens with one attached hydrogen (secondary N) is 1. The van der Waals surface area contributed by atoms with Gasteiger partial charge in [0.15, 0.2) is 5.13 Å². The number of aromatic nitrogens is 1. The summed E-state index contributed by atoms with van der Waals surface area (Å²) >= 11 is 1.22. The molecule has 0 aliphatic heterocycles. The standard InChI is InChI=1S/C12H11F3N2S/c1-7-10(18-11(16-2)17-7)8-5-3-4-6-9(8)12(13,14)15/h3-6H,1-2H3,(H,16,17). The molecule has 1 aromatic carbocycles. The average molecular weight is 272 g/mol. The van der Waals surface area contributed by atoms with Gasteiger partial charge in [-0.2, -0.15) is 13.2 Å². The van der Waals surface area contributed by atoms with Gasteiger partial charge in [-0.15, -0.1) is 0 Å². The molecule has 2 nitrogen and oxygen atoms in total. The van der Waals surface area contributed by atoms with E-state index in [2.05, 4.69) is 10.3 Å². The van der Waals surface area contributed by atoms with Crippen LogP contribution in [-0.4, -0.2) is 12.0 Å².